The highest BCUT2D eigenvalue weighted by atomic mass is 16.5. The maximum Gasteiger partial charge on any atom is 0.100 e. The van der Waals surface area contributed by atoms with Crippen LogP contribution in [0.15, 0.2) is 6.20 Å². The van der Waals surface area contributed by atoms with Gasteiger partial charge < -0.3 is 9.84 Å². The summed E-state index contributed by atoms with van der Waals surface area (Å²) in [4.78, 5) is 0. The van der Waals surface area contributed by atoms with Gasteiger partial charge in [0, 0.05) is 19.8 Å². The predicted molar refractivity (Wildman–Crippen MR) is 58.8 cm³/mol. The molecule has 2 heterocycles. The minimum atomic E-state index is -0.453. The third-order valence-electron chi connectivity index (χ3n) is 3.10. The van der Waals surface area contributed by atoms with Crippen molar-refractivity contribution in [1.29, 1.82) is 0 Å². The zero-order valence-electron chi connectivity index (χ0n) is 9.67. The smallest absolute Gasteiger partial charge is 0.100 e. The third kappa shape index (κ3) is 2.41. The third-order valence-corrected chi connectivity index (χ3v) is 3.10. The van der Waals surface area contributed by atoms with Gasteiger partial charge in [-0.05, 0) is 25.2 Å². The first-order valence-corrected chi connectivity index (χ1v) is 5.97. The number of rotatable bonds is 4. The summed E-state index contributed by atoms with van der Waals surface area (Å²) in [5, 5.41) is 18.2. The number of aryl methyl sites for hydroxylation is 1. The van der Waals surface area contributed by atoms with Gasteiger partial charge in [0.2, 0.25) is 0 Å². The highest BCUT2D eigenvalue weighted by molar-refractivity contribution is 5.01. The van der Waals surface area contributed by atoms with Gasteiger partial charge in [-0.25, -0.2) is 4.68 Å². The van der Waals surface area contributed by atoms with E-state index in [-0.39, 0.29) is 5.92 Å². The Hall–Kier alpha value is -0.940. The van der Waals surface area contributed by atoms with Crippen molar-refractivity contribution in [2.24, 2.45) is 5.92 Å². The fourth-order valence-electron chi connectivity index (χ4n) is 2.15. The van der Waals surface area contributed by atoms with Crippen molar-refractivity contribution in [3.05, 3.63) is 11.9 Å². The number of ether oxygens (including phenoxy) is 1. The van der Waals surface area contributed by atoms with Gasteiger partial charge in [0.1, 0.15) is 6.10 Å². The molecular weight excluding hydrogens is 206 g/mol. The van der Waals surface area contributed by atoms with E-state index in [4.69, 9.17) is 4.74 Å². The van der Waals surface area contributed by atoms with Crippen molar-refractivity contribution in [3.63, 3.8) is 0 Å². The predicted octanol–water partition coefficient (Wildman–Crippen LogP) is 1.15. The number of hydrogen-bond donors (Lipinski definition) is 1. The second kappa shape index (κ2) is 5.41. The molecule has 0 spiro atoms. The van der Waals surface area contributed by atoms with Gasteiger partial charge in [-0.2, -0.15) is 0 Å². The van der Waals surface area contributed by atoms with E-state index in [9.17, 15) is 5.11 Å². The molecule has 1 aliphatic rings. The lowest BCUT2D eigenvalue weighted by Crippen LogP contribution is -2.24. The molecule has 1 atom stereocenters. The Morgan fingerprint density at radius 3 is 3.00 bits per heavy atom. The van der Waals surface area contributed by atoms with Crippen LogP contribution in [-0.2, 0) is 11.3 Å². The number of aliphatic hydroxyl groups is 1. The summed E-state index contributed by atoms with van der Waals surface area (Å²) in [6.07, 6.45) is 4.05. The Balaban J connectivity index is 2.06. The molecule has 0 amide bonds. The van der Waals surface area contributed by atoms with E-state index < -0.39 is 6.10 Å². The van der Waals surface area contributed by atoms with Gasteiger partial charge >= 0.3 is 0 Å². The van der Waals surface area contributed by atoms with Gasteiger partial charge in [-0.15, -0.1) is 5.10 Å². The molecular formula is C11H19N3O2. The monoisotopic (exact) mass is 225 g/mol. The second-order valence-electron chi connectivity index (χ2n) is 4.28. The summed E-state index contributed by atoms with van der Waals surface area (Å²) in [5.41, 5.74) is 0.841. The largest absolute Gasteiger partial charge is 0.386 e. The molecule has 1 saturated heterocycles. The van der Waals surface area contributed by atoms with Gasteiger partial charge in [-0.3, -0.25) is 0 Å². The number of hydrogen-bond acceptors (Lipinski definition) is 4. The van der Waals surface area contributed by atoms with E-state index >= 15 is 0 Å². The molecule has 1 aromatic heterocycles. The molecule has 1 unspecified atom stereocenters. The van der Waals surface area contributed by atoms with Crippen LogP contribution in [-0.4, -0.2) is 33.3 Å². The molecule has 5 heteroatoms. The van der Waals surface area contributed by atoms with E-state index in [1.165, 1.54) is 0 Å². The molecule has 5 nitrogen and oxygen atoms in total. The topological polar surface area (TPSA) is 60.2 Å². The average molecular weight is 225 g/mol. The van der Waals surface area contributed by atoms with E-state index in [1.54, 1.807) is 10.9 Å². The minimum Gasteiger partial charge on any atom is -0.386 e. The normalized spacial score (nSPS) is 19.9. The van der Waals surface area contributed by atoms with E-state index in [2.05, 4.69) is 17.2 Å². The first-order valence-electron chi connectivity index (χ1n) is 5.97. The van der Waals surface area contributed by atoms with Gasteiger partial charge in [0.15, 0.2) is 0 Å². The fourth-order valence-corrected chi connectivity index (χ4v) is 2.15. The number of aliphatic hydroxyl groups excluding tert-OH is 1. The molecule has 0 saturated carbocycles. The molecule has 1 aromatic rings. The summed E-state index contributed by atoms with van der Waals surface area (Å²) < 4.78 is 7.10. The summed E-state index contributed by atoms with van der Waals surface area (Å²) >= 11 is 0. The Morgan fingerprint density at radius 2 is 2.31 bits per heavy atom. The van der Waals surface area contributed by atoms with Crippen LogP contribution in [0.25, 0.3) is 0 Å². The summed E-state index contributed by atoms with van der Waals surface area (Å²) in [6, 6.07) is 0. The van der Waals surface area contributed by atoms with Gasteiger partial charge in [0.25, 0.3) is 0 Å². The van der Waals surface area contributed by atoms with Gasteiger partial charge in [-0.1, -0.05) is 12.1 Å². The molecule has 1 fully saturated rings. The van der Waals surface area contributed by atoms with E-state index in [1.807, 2.05) is 0 Å². The lowest BCUT2D eigenvalue weighted by atomic mass is 9.92. The van der Waals surface area contributed by atoms with Crippen LogP contribution in [0.4, 0.5) is 0 Å². The van der Waals surface area contributed by atoms with Crippen molar-refractivity contribution < 1.29 is 9.84 Å². The molecule has 1 aliphatic heterocycles. The summed E-state index contributed by atoms with van der Waals surface area (Å²) in [5.74, 6) is 0.280. The molecule has 0 aromatic carbocycles. The molecule has 0 aliphatic carbocycles. The molecule has 0 bridgehead atoms. The fraction of sp³-hybridized carbons (Fsp3) is 0.818. The minimum absolute atomic E-state index is 0.280. The maximum atomic E-state index is 10.3. The first-order chi connectivity index (χ1) is 7.83. The SMILES string of the molecule is CCCn1nncc1C(O)C1CCOCC1. The van der Waals surface area contributed by atoms with Crippen molar-refractivity contribution in [3.8, 4) is 0 Å². The van der Waals surface area contributed by atoms with E-state index in [0.717, 1.165) is 44.7 Å². The van der Waals surface area contributed by atoms with Crippen LogP contribution in [0, 0.1) is 5.92 Å². The molecule has 2 rings (SSSR count). The molecule has 16 heavy (non-hydrogen) atoms. The second-order valence-corrected chi connectivity index (χ2v) is 4.28. The lowest BCUT2D eigenvalue weighted by molar-refractivity contribution is 0.00378. The van der Waals surface area contributed by atoms with Crippen LogP contribution in [0.1, 0.15) is 38.0 Å². The molecule has 90 valence electrons. The summed E-state index contributed by atoms with van der Waals surface area (Å²) in [7, 11) is 0. The van der Waals surface area contributed by atoms with Crippen LogP contribution >= 0.6 is 0 Å². The highest BCUT2D eigenvalue weighted by Crippen LogP contribution is 2.29. The van der Waals surface area contributed by atoms with Crippen LogP contribution < -0.4 is 0 Å². The van der Waals surface area contributed by atoms with Crippen LogP contribution in [0.5, 0.6) is 0 Å². The Morgan fingerprint density at radius 1 is 1.56 bits per heavy atom. The van der Waals surface area contributed by atoms with Gasteiger partial charge in [0.05, 0.1) is 11.9 Å². The average Bonchev–Trinajstić information content (AvgIpc) is 2.78. The zero-order valence-corrected chi connectivity index (χ0v) is 9.67. The van der Waals surface area contributed by atoms with E-state index in [0.29, 0.717) is 0 Å². The van der Waals surface area contributed by atoms with Crippen LogP contribution in [0.2, 0.25) is 0 Å². The number of aromatic nitrogens is 3. The van der Waals surface area contributed by atoms with Crippen molar-refractivity contribution in [2.45, 2.75) is 38.8 Å². The van der Waals surface area contributed by atoms with Crippen molar-refractivity contribution in [2.75, 3.05) is 13.2 Å². The summed E-state index contributed by atoms with van der Waals surface area (Å²) in [6.45, 7) is 4.40. The Labute approximate surface area is 95.4 Å². The number of nitrogens with zero attached hydrogens (tertiary/aromatic N) is 3. The standard InChI is InChI=1S/C11H19N3O2/c1-2-5-14-10(8-12-13-14)11(15)9-3-6-16-7-4-9/h8-9,11,15H,2-7H2,1H3. The van der Waals surface area contributed by atoms with Crippen LogP contribution in [0.3, 0.4) is 0 Å². The zero-order chi connectivity index (χ0) is 11.4. The lowest BCUT2D eigenvalue weighted by Gasteiger charge is -2.26. The highest BCUT2D eigenvalue weighted by Gasteiger charge is 2.26. The Kier molecular flexibility index (Phi) is 3.90. The maximum absolute atomic E-state index is 10.3. The quantitative estimate of drug-likeness (QED) is 0.835. The Bertz CT molecular complexity index is 321. The van der Waals surface area contributed by atoms with Crippen molar-refractivity contribution >= 4 is 0 Å². The first kappa shape index (κ1) is 11.5. The van der Waals surface area contributed by atoms with Crippen molar-refractivity contribution in [1.82, 2.24) is 15.0 Å². The molecule has 0 radical (unpaired) electrons. The molecule has 1 N–H and O–H groups in total.